The summed E-state index contributed by atoms with van der Waals surface area (Å²) in [5.41, 5.74) is 1.11. The molecule has 0 atom stereocenters. The third-order valence-corrected chi connectivity index (χ3v) is 4.81. The van der Waals surface area contributed by atoms with E-state index in [4.69, 9.17) is 11.6 Å². The molecule has 1 saturated heterocycles. The van der Waals surface area contributed by atoms with Gasteiger partial charge >= 0.3 is 6.18 Å². The highest BCUT2D eigenvalue weighted by Gasteiger charge is 2.29. The van der Waals surface area contributed by atoms with E-state index in [9.17, 15) is 22.8 Å². The monoisotopic (exact) mass is 441 g/mol. The Morgan fingerprint density at radius 2 is 1.63 bits per heavy atom. The van der Waals surface area contributed by atoms with Gasteiger partial charge in [0, 0.05) is 43.5 Å². The number of halogens is 4. The van der Waals surface area contributed by atoms with Crippen molar-refractivity contribution in [2.24, 2.45) is 0 Å². The van der Waals surface area contributed by atoms with Crippen molar-refractivity contribution in [3.8, 4) is 5.88 Å². The summed E-state index contributed by atoms with van der Waals surface area (Å²) in [6.45, 7) is 0.0745. The molecule has 10 heteroatoms. The lowest BCUT2D eigenvalue weighted by Gasteiger charge is -2.34. The van der Waals surface area contributed by atoms with Crippen molar-refractivity contribution in [2.75, 3.05) is 32.8 Å². The third-order valence-electron chi connectivity index (χ3n) is 4.56. The van der Waals surface area contributed by atoms with Gasteiger partial charge in [-0.1, -0.05) is 23.7 Å². The average Bonchev–Trinajstić information content (AvgIpc) is 2.73. The van der Waals surface area contributed by atoms with Gasteiger partial charge in [-0.2, -0.15) is 13.2 Å². The Bertz CT molecular complexity index is 881. The number of aromatic nitrogens is 1. The topological polar surface area (TPSA) is 62.7 Å². The van der Waals surface area contributed by atoms with Gasteiger partial charge in [0.25, 0.3) is 5.91 Å². The van der Waals surface area contributed by atoms with Crippen LogP contribution in [0, 0.1) is 0 Å². The molecule has 1 aliphatic rings. The second kappa shape index (κ2) is 9.34. The second-order valence-corrected chi connectivity index (χ2v) is 7.20. The predicted octanol–water partition coefficient (Wildman–Crippen LogP) is 3.20. The molecule has 160 valence electrons. The number of pyridine rings is 1. The number of benzene rings is 1. The Morgan fingerprint density at radius 1 is 1.00 bits per heavy atom. The summed E-state index contributed by atoms with van der Waals surface area (Å²) in [7, 11) is 0. The number of rotatable bonds is 5. The summed E-state index contributed by atoms with van der Waals surface area (Å²) in [5.74, 6) is -0.534. The zero-order chi connectivity index (χ0) is 21.7. The molecular formula is C20H19ClF3N3O3. The van der Waals surface area contributed by atoms with Crippen LogP contribution in [0.15, 0.2) is 42.6 Å². The van der Waals surface area contributed by atoms with Gasteiger partial charge in [-0.25, -0.2) is 4.98 Å². The molecule has 0 spiro atoms. The van der Waals surface area contributed by atoms with Crippen molar-refractivity contribution in [3.63, 3.8) is 0 Å². The highest BCUT2D eigenvalue weighted by Crippen LogP contribution is 2.18. The van der Waals surface area contributed by atoms with Gasteiger partial charge in [-0.15, -0.1) is 0 Å². The summed E-state index contributed by atoms with van der Waals surface area (Å²) < 4.78 is 41.0. The number of ether oxygens (including phenoxy) is 1. The van der Waals surface area contributed by atoms with Gasteiger partial charge < -0.3 is 14.5 Å². The summed E-state index contributed by atoms with van der Waals surface area (Å²) in [4.78, 5) is 32.1. The van der Waals surface area contributed by atoms with Gasteiger partial charge in [-0.3, -0.25) is 9.59 Å². The van der Waals surface area contributed by atoms with Gasteiger partial charge in [0.05, 0.1) is 12.0 Å². The number of hydrogen-bond donors (Lipinski definition) is 0. The van der Waals surface area contributed by atoms with E-state index in [-0.39, 0.29) is 29.7 Å². The summed E-state index contributed by atoms with van der Waals surface area (Å²) >= 11 is 5.85. The van der Waals surface area contributed by atoms with Crippen LogP contribution in [-0.4, -0.2) is 65.6 Å². The molecule has 2 aromatic rings. The minimum Gasteiger partial charge on any atom is -0.468 e. The van der Waals surface area contributed by atoms with Crippen LogP contribution in [-0.2, 0) is 11.2 Å². The Kier molecular flexibility index (Phi) is 6.81. The molecule has 1 fully saturated rings. The number of piperazine rings is 1. The largest absolute Gasteiger partial charge is 0.468 e. The first-order valence-electron chi connectivity index (χ1n) is 9.18. The third kappa shape index (κ3) is 6.09. The molecular weight excluding hydrogens is 423 g/mol. The first kappa shape index (κ1) is 21.9. The molecule has 3 rings (SSSR count). The molecule has 6 nitrogen and oxygen atoms in total. The van der Waals surface area contributed by atoms with Gasteiger partial charge in [-0.05, 0) is 23.8 Å². The summed E-state index contributed by atoms with van der Waals surface area (Å²) in [6.07, 6.45) is -3.01. The maximum absolute atomic E-state index is 12.6. The number of nitrogens with zero attached hydrogens (tertiary/aromatic N) is 3. The van der Waals surface area contributed by atoms with Crippen LogP contribution >= 0.6 is 11.6 Å². The maximum atomic E-state index is 12.6. The quantitative estimate of drug-likeness (QED) is 0.715. The zero-order valence-electron chi connectivity index (χ0n) is 15.9. The molecule has 2 heterocycles. The standard InChI is InChI=1S/C20H19ClF3N3O3/c21-16-4-1-14(2-5-16)11-18(28)26-7-9-27(10-8-26)19(29)15-3-6-17(25-12-15)30-13-20(22,23)24/h1-6,12H,7-11,13H2. The lowest BCUT2D eigenvalue weighted by Crippen LogP contribution is -2.51. The SMILES string of the molecule is O=C(Cc1ccc(Cl)cc1)N1CCN(C(=O)c2ccc(OCC(F)(F)F)nc2)CC1. The average molecular weight is 442 g/mol. The second-order valence-electron chi connectivity index (χ2n) is 6.77. The van der Waals surface area contributed by atoms with E-state index in [0.29, 0.717) is 31.2 Å². The van der Waals surface area contributed by atoms with Crippen molar-refractivity contribution in [3.05, 3.63) is 58.7 Å². The highest BCUT2D eigenvalue weighted by molar-refractivity contribution is 6.30. The van der Waals surface area contributed by atoms with Crippen molar-refractivity contribution in [2.45, 2.75) is 12.6 Å². The molecule has 0 N–H and O–H groups in total. The van der Waals surface area contributed by atoms with Crippen LogP contribution in [0.25, 0.3) is 0 Å². The molecule has 2 amide bonds. The fraction of sp³-hybridized carbons (Fsp3) is 0.350. The van der Waals surface area contributed by atoms with E-state index in [1.165, 1.54) is 18.3 Å². The molecule has 0 saturated carbocycles. The number of carbonyl (C=O) groups is 2. The Morgan fingerprint density at radius 3 is 2.20 bits per heavy atom. The molecule has 0 radical (unpaired) electrons. The van der Waals surface area contributed by atoms with Crippen molar-refractivity contribution in [1.82, 2.24) is 14.8 Å². The first-order chi connectivity index (χ1) is 14.2. The fourth-order valence-corrected chi connectivity index (χ4v) is 3.10. The molecule has 0 unspecified atom stereocenters. The highest BCUT2D eigenvalue weighted by atomic mass is 35.5. The van der Waals surface area contributed by atoms with Crippen LogP contribution in [0.4, 0.5) is 13.2 Å². The van der Waals surface area contributed by atoms with Crippen molar-refractivity contribution >= 4 is 23.4 Å². The van der Waals surface area contributed by atoms with E-state index in [2.05, 4.69) is 9.72 Å². The summed E-state index contributed by atoms with van der Waals surface area (Å²) in [5, 5.41) is 0.604. The summed E-state index contributed by atoms with van der Waals surface area (Å²) in [6, 6.07) is 9.66. The lowest BCUT2D eigenvalue weighted by molar-refractivity contribution is -0.154. The van der Waals surface area contributed by atoms with Crippen molar-refractivity contribution in [1.29, 1.82) is 0 Å². The lowest BCUT2D eigenvalue weighted by atomic mass is 10.1. The van der Waals surface area contributed by atoms with E-state index in [1.54, 1.807) is 34.1 Å². The van der Waals surface area contributed by atoms with Crippen LogP contribution in [0.5, 0.6) is 5.88 Å². The van der Waals surface area contributed by atoms with Crippen LogP contribution < -0.4 is 4.74 Å². The Balaban J connectivity index is 1.50. The molecule has 1 aromatic carbocycles. The van der Waals surface area contributed by atoms with Crippen LogP contribution in [0.1, 0.15) is 15.9 Å². The molecule has 1 aliphatic heterocycles. The maximum Gasteiger partial charge on any atom is 0.422 e. The van der Waals surface area contributed by atoms with E-state index < -0.39 is 12.8 Å². The molecule has 0 bridgehead atoms. The zero-order valence-corrected chi connectivity index (χ0v) is 16.6. The predicted molar refractivity (Wildman–Crippen MR) is 103 cm³/mol. The minimum absolute atomic E-state index is 0.0303. The van der Waals surface area contributed by atoms with Crippen molar-refractivity contribution < 1.29 is 27.5 Å². The fourth-order valence-electron chi connectivity index (χ4n) is 2.98. The number of hydrogen-bond acceptors (Lipinski definition) is 4. The first-order valence-corrected chi connectivity index (χ1v) is 9.56. The van der Waals surface area contributed by atoms with Gasteiger partial charge in [0.1, 0.15) is 0 Å². The van der Waals surface area contributed by atoms with Crippen LogP contribution in [0.3, 0.4) is 0 Å². The smallest absolute Gasteiger partial charge is 0.422 e. The number of amides is 2. The minimum atomic E-state index is -4.46. The Hall–Kier alpha value is -2.81. The van der Waals surface area contributed by atoms with Gasteiger partial charge in [0.15, 0.2) is 6.61 Å². The van der Waals surface area contributed by atoms with E-state index in [0.717, 1.165) is 5.56 Å². The Labute approximate surface area is 176 Å². The molecule has 30 heavy (non-hydrogen) atoms. The normalized spacial score (nSPS) is 14.5. The van der Waals surface area contributed by atoms with Gasteiger partial charge in [0.2, 0.25) is 11.8 Å². The molecule has 0 aliphatic carbocycles. The number of carbonyl (C=O) groups excluding carboxylic acids is 2. The molecule has 1 aromatic heterocycles. The van der Waals surface area contributed by atoms with Crippen LogP contribution in [0.2, 0.25) is 5.02 Å². The van der Waals surface area contributed by atoms with E-state index >= 15 is 0 Å². The number of alkyl halides is 3. The van der Waals surface area contributed by atoms with E-state index in [1.807, 2.05) is 0 Å².